The van der Waals surface area contributed by atoms with Crippen LogP contribution in [0.15, 0.2) is 24.3 Å². The van der Waals surface area contributed by atoms with Gasteiger partial charge in [-0.25, -0.2) is 4.98 Å². The third-order valence-electron chi connectivity index (χ3n) is 2.93. The molecule has 0 atom stereocenters. The van der Waals surface area contributed by atoms with Crippen LogP contribution in [-0.4, -0.2) is 21.3 Å². The van der Waals surface area contributed by atoms with Crippen molar-refractivity contribution < 1.29 is 5.11 Å². The van der Waals surface area contributed by atoms with Gasteiger partial charge in [-0.15, -0.1) is 0 Å². The molecule has 0 aliphatic carbocycles. The Kier molecular flexibility index (Phi) is 3.50. The molecular weight excluding hydrogens is 236 g/mol. The average molecular weight is 251 g/mol. The summed E-state index contributed by atoms with van der Waals surface area (Å²) in [6.45, 7) is 2.14. The van der Waals surface area contributed by atoms with Crippen LogP contribution in [0.5, 0.6) is 0 Å². The first kappa shape index (κ1) is 12.1. The van der Waals surface area contributed by atoms with Gasteiger partial charge in [-0.05, 0) is 19.1 Å². The number of benzene rings is 1. The Morgan fingerprint density at radius 1 is 1.29 bits per heavy atom. The van der Waals surface area contributed by atoms with E-state index in [-0.39, 0.29) is 6.61 Å². The standard InChI is InChI=1S/C13H15ClN2O/c1-9-13(10-3-5-11(14)6-4-10)15-12(7-8-17)16(9)2/h3-6,17H,7-8H2,1-2H3. The van der Waals surface area contributed by atoms with Crippen molar-refractivity contribution in [3.05, 3.63) is 40.8 Å². The molecule has 0 spiro atoms. The highest BCUT2D eigenvalue weighted by molar-refractivity contribution is 6.30. The molecule has 0 unspecified atom stereocenters. The zero-order valence-electron chi connectivity index (χ0n) is 9.94. The van der Waals surface area contributed by atoms with Gasteiger partial charge >= 0.3 is 0 Å². The monoisotopic (exact) mass is 250 g/mol. The molecule has 17 heavy (non-hydrogen) atoms. The van der Waals surface area contributed by atoms with Gasteiger partial charge in [0.2, 0.25) is 0 Å². The molecule has 90 valence electrons. The van der Waals surface area contributed by atoms with Crippen molar-refractivity contribution in [1.29, 1.82) is 0 Å². The van der Waals surface area contributed by atoms with Gasteiger partial charge in [-0.2, -0.15) is 0 Å². The quantitative estimate of drug-likeness (QED) is 0.909. The molecule has 0 radical (unpaired) electrons. The minimum absolute atomic E-state index is 0.115. The lowest BCUT2D eigenvalue weighted by Gasteiger charge is -2.01. The molecular formula is C13H15ClN2O. The van der Waals surface area contributed by atoms with Gasteiger partial charge in [-0.1, -0.05) is 23.7 Å². The fraction of sp³-hybridized carbons (Fsp3) is 0.308. The molecule has 0 fully saturated rings. The van der Waals surface area contributed by atoms with Crippen LogP contribution in [0.25, 0.3) is 11.3 Å². The van der Waals surface area contributed by atoms with E-state index < -0.39 is 0 Å². The fourth-order valence-electron chi connectivity index (χ4n) is 1.84. The van der Waals surface area contributed by atoms with E-state index in [0.29, 0.717) is 6.42 Å². The van der Waals surface area contributed by atoms with Crippen molar-refractivity contribution in [2.24, 2.45) is 7.05 Å². The number of rotatable bonds is 3. The number of imidazole rings is 1. The smallest absolute Gasteiger partial charge is 0.111 e. The highest BCUT2D eigenvalue weighted by Crippen LogP contribution is 2.24. The molecule has 1 aromatic carbocycles. The Labute approximate surface area is 106 Å². The van der Waals surface area contributed by atoms with Gasteiger partial charge in [-0.3, -0.25) is 0 Å². The number of aliphatic hydroxyl groups excluding tert-OH is 1. The minimum atomic E-state index is 0.115. The maximum absolute atomic E-state index is 8.98. The van der Waals surface area contributed by atoms with E-state index in [4.69, 9.17) is 16.7 Å². The lowest BCUT2D eigenvalue weighted by Crippen LogP contribution is -2.01. The normalized spacial score (nSPS) is 10.8. The minimum Gasteiger partial charge on any atom is -0.396 e. The Morgan fingerprint density at radius 3 is 2.53 bits per heavy atom. The largest absolute Gasteiger partial charge is 0.396 e. The van der Waals surface area contributed by atoms with Gasteiger partial charge in [0.25, 0.3) is 0 Å². The molecule has 3 nitrogen and oxygen atoms in total. The number of nitrogens with zero attached hydrogens (tertiary/aromatic N) is 2. The highest BCUT2D eigenvalue weighted by Gasteiger charge is 2.12. The van der Waals surface area contributed by atoms with Crippen molar-refractivity contribution in [2.45, 2.75) is 13.3 Å². The lowest BCUT2D eigenvalue weighted by atomic mass is 10.1. The number of hydrogen-bond donors (Lipinski definition) is 1. The summed E-state index contributed by atoms with van der Waals surface area (Å²) in [4.78, 5) is 4.56. The number of aromatic nitrogens is 2. The Bertz CT molecular complexity index is 517. The van der Waals surface area contributed by atoms with Crippen LogP contribution in [0, 0.1) is 6.92 Å². The molecule has 1 aromatic heterocycles. The Morgan fingerprint density at radius 2 is 1.94 bits per heavy atom. The second-order valence-electron chi connectivity index (χ2n) is 4.00. The molecule has 1 N–H and O–H groups in total. The van der Waals surface area contributed by atoms with E-state index in [1.54, 1.807) is 0 Å². The first-order valence-electron chi connectivity index (χ1n) is 5.52. The van der Waals surface area contributed by atoms with Crippen molar-refractivity contribution in [3.8, 4) is 11.3 Å². The second kappa shape index (κ2) is 4.90. The molecule has 0 bridgehead atoms. The summed E-state index contributed by atoms with van der Waals surface area (Å²) in [5, 5.41) is 9.70. The summed E-state index contributed by atoms with van der Waals surface area (Å²) in [6.07, 6.45) is 0.574. The molecule has 2 rings (SSSR count). The first-order valence-corrected chi connectivity index (χ1v) is 5.90. The third-order valence-corrected chi connectivity index (χ3v) is 3.18. The molecule has 0 saturated heterocycles. The predicted molar refractivity (Wildman–Crippen MR) is 69.2 cm³/mol. The van der Waals surface area contributed by atoms with Gasteiger partial charge in [0.1, 0.15) is 5.82 Å². The van der Waals surface area contributed by atoms with E-state index in [0.717, 1.165) is 27.8 Å². The lowest BCUT2D eigenvalue weighted by molar-refractivity contribution is 0.295. The van der Waals surface area contributed by atoms with E-state index in [9.17, 15) is 0 Å². The van der Waals surface area contributed by atoms with Crippen LogP contribution < -0.4 is 0 Å². The van der Waals surface area contributed by atoms with Crippen molar-refractivity contribution in [1.82, 2.24) is 9.55 Å². The summed E-state index contributed by atoms with van der Waals surface area (Å²) in [7, 11) is 1.97. The molecule has 1 heterocycles. The SMILES string of the molecule is Cc1c(-c2ccc(Cl)cc2)nc(CCO)n1C. The van der Waals surface area contributed by atoms with Crippen LogP contribution in [0.2, 0.25) is 5.02 Å². The summed E-state index contributed by atoms with van der Waals surface area (Å²) in [5.74, 6) is 0.898. The average Bonchev–Trinajstić information content (AvgIpc) is 2.59. The zero-order valence-corrected chi connectivity index (χ0v) is 10.7. The van der Waals surface area contributed by atoms with Crippen LogP contribution >= 0.6 is 11.6 Å². The number of aliphatic hydroxyl groups is 1. The second-order valence-corrected chi connectivity index (χ2v) is 4.44. The Balaban J connectivity index is 2.45. The zero-order chi connectivity index (χ0) is 12.4. The van der Waals surface area contributed by atoms with Crippen molar-refractivity contribution in [3.63, 3.8) is 0 Å². The predicted octanol–water partition coefficient (Wildman–Crippen LogP) is 2.58. The number of halogens is 1. The maximum atomic E-state index is 8.98. The summed E-state index contributed by atoms with van der Waals surface area (Å²) in [5.41, 5.74) is 3.09. The summed E-state index contributed by atoms with van der Waals surface area (Å²) in [6, 6.07) is 7.63. The first-order chi connectivity index (χ1) is 8.13. The number of hydrogen-bond acceptors (Lipinski definition) is 2. The van der Waals surface area contributed by atoms with E-state index in [2.05, 4.69) is 4.98 Å². The van der Waals surface area contributed by atoms with Gasteiger partial charge in [0.05, 0.1) is 12.3 Å². The molecule has 4 heteroatoms. The topological polar surface area (TPSA) is 38.1 Å². The third kappa shape index (κ3) is 2.35. The van der Waals surface area contributed by atoms with Crippen LogP contribution in [0.3, 0.4) is 0 Å². The fourth-order valence-corrected chi connectivity index (χ4v) is 1.97. The molecule has 0 amide bonds. The summed E-state index contributed by atoms with van der Waals surface area (Å²) < 4.78 is 2.01. The van der Waals surface area contributed by atoms with Crippen LogP contribution in [0.1, 0.15) is 11.5 Å². The van der Waals surface area contributed by atoms with Gasteiger partial charge < -0.3 is 9.67 Å². The van der Waals surface area contributed by atoms with Crippen LogP contribution in [-0.2, 0) is 13.5 Å². The van der Waals surface area contributed by atoms with E-state index >= 15 is 0 Å². The molecule has 0 aliphatic rings. The maximum Gasteiger partial charge on any atom is 0.111 e. The summed E-state index contributed by atoms with van der Waals surface area (Å²) >= 11 is 5.87. The molecule has 0 saturated carbocycles. The van der Waals surface area contributed by atoms with Crippen LogP contribution in [0.4, 0.5) is 0 Å². The Hall–Kier alpha value is -1.32. The highest BCUT2D eigenvalue weighted by atomic mass is 35.5. The van der Waals surface area contributed by atoms with Crippen molar-refractivity contribution in [2.75, 3.05) is 6.61 Å². The van der Waals surface area contributed by atoms with Gasteiger partial charge in [0, 0.05) is 29.7 Å². The molecule has 0 aliphatic heterocycles. The van der Waals surface area contributed by atoms with E-state index in [1.165, 1.54) is 0 Å². The van der Waals surface area contributed by atoms with Gasteiger partial charge in [0.15, 0.2) is 0 Å². The van der Waals surface area contributed by atoms with Crippen molar-refractivity contribution >= 4 is 11.6 Å². The van der Waals surface area contributed by atoms with E-state index in [1.807, 2.05) is 42.8 Å². The molecule has 2 aromatic rings.